The number of aryl methyl sites for hydroxylation is 1. The second kappa shape index (κ2) is 7.31. The number of ether oxygens (including phenoxy) is 1. The minimum atomic E-state index is -3.64. The van der Waals surface area contributed by atoms with Crippen LogP contribution in [0.2, 0.25) is 0 Å². The summed E-state index contributed by atoms with van der Waals surface area (Å²) in [6.45, 7) is 3.63. The van der Waals surface area contributed by atoms with E-state index >= 15 is 0 Å². The fourth-order valence-electron chi connectivity index (χ4n) is 3.98. The number of piperidine rings is 1. The molecular weight excluding hydrogens is 376 g/mol. The number of likely N-dealkylation sites (tertiary alicyclic amines) is 1. The average molecular weight is 401 g/mol. The summed E-state index contributed by atoms with van der Waals surface area (Å²) in [6, 6.07) is 16.0. The SMILES string of the molecule is Cc1ccc(C(=O)N2CCC3(CC2)OCCN3S(=O)(=O)c2ccccc2)cc1. The Morgan fingerprint density at radius 2 is 1.61 bits per heavy atom. The Bertz CT molecular complexity index is 950. The van der Waals surface area contributed by atoms with E-state index in [0.717, 1.165) is 5.56 Å². The Labute approximate surface area is 165 Å². The standard InChI is InChI=1S/C21H24N2O4S/c1-17-7-9-18(10-8-17)20(24)22-13-11-21(12-14-22)23(15-16-27-21)28(25,26)19-5-3-2-4-6-19/h2-10H,11-16H2,1H3. The summed E-state index contributed by atoms with van der Waals surface area (Å²) < 4.78 is 33.7. The molecule has 0 atom stereocenters. The van der Waals surface area contributed by atoms with E-state index in [1.807, 2.05) is 31.2 Å². The Balaban J connectivity index is 1.51. The zero-order chi connectivity index (χ0) is 19.8. The van der Waals surface area contributed by atoms with Gasteiger partial charge in [0.15, 0.2) is 0 Å². The minimum Gasteiger partial charge on any atom is -0.358 e. The smallest absolute Gasteiger partial charge is 0.253 e. The predicted octanol–water partition coefficient (Wildman–Crippen LogP) is 2.65. The molecule has 2 aliphatic rings. The molecule has 1 spiro atoms. The van der Waals surface area contributed by atoms with Crippen LogP contribution in [0.3, 0.4) is 0 Å². The number of benzene rings is 2. The first-order valence-corrected chi connectivity index (χ1v) is 10.9. The topological polar surface area (TPSA) is 66.9 Å². The first-order valence-electron chi connectivity index (χ1n) is 9.50. The highest BCUT2D eigenvalue weighted by atomic mass is 32.2. The van der Waals surface area contributed by atoms with Gasteiger partial charge in [-0.3, -0.25) is 4.79 Å². The van der Waals surface area contributed by atoms with Crippen molar-refractivity contribution in [2.75, 3.05) is 26.2 Å². The molecule has 2 heterocycles. The Hall–Kier alpha value is -2.22. The molecule has 4 rings (SSSR count). The van der Waals surface area contributed by atoms with E-state index in [4.69, 9.17) is 4.74 Å². The third-order valence-electron chi connectivity index (χ3n) is 5.58. The van der Waals surface area contributed by atoms with Crippen LogP contribution in [0.15, 0.2) is 59.5 Å². The lowest BCUT2D eigenvalue weighted by atomic mass is 9.99. The molecule has 28 heavy (non-hydrogen) atoms. The zero-order valence-corrected chi connectivity index (χ0v) is 16.7. The number of amides is 1. The van der Waals surface area contributed by atoms with Crippen LogP contribution in [0.25, 0.3) is 0 Å². The molecule has 0 saturated carbocycles. The second-order valence-electron chi connectivity index (χ2n) is 7.34. The van der Waals surface area contributed by atoms with Crippen LogP contribution >= 0.6 is 0 Å². The normalized spacial score (nSPS) is 19.8. The quantitative estimate of drug-likeness (QED) is 0.794. The largest absolute Gasteiger partial charge is 0.358 e. The molecule has 1 amide bonds. The lowest BCUT2D eigenvalue weighted by Crippen LogP contribution is -2.55. The van der Waals surface area contributed by atoms with Crippen LogP contribution in [0.5, 0.6) is 0 Å². The van der Waals surface area contributed by atoms with Gasteiger partial charge in [-0.05, 0) is 31.2 Å². The van der Waals surface area contributed by atoms with Crippen molar-refractivity contribution in [2.45, 2.75) is 30.4 Å². The number of carbonyl (C=O) groups excluding carboxylic acids is 1. The molecule has 0 N–H and O–H groups in total. The molecule has 2 fully saturated rings. The molecule has 2 saturated heterocycles. The molecule has 6 nitrogen and oxygen atoms in total. The van der Waals surface area contributed by atoms with Crippen molar-refractivity contribution in [3.63, 3.8) is 0 Å². The maximum atomic E-state index is 13.1. The highest BCUT2D eigenvalue weighted by Gasteiger charge is 2.50. The highest BCUT2D eigenvalue weighted by molar-refractivity contribution is 7.89. The average Bonchev–Trinajstić information content (AvgIpc) is 3.13. The van der Waals surface area contributed by atoms with Gasteiger partial charge in [0.05, 0.1) is 11.5 Å². The van der Waals surface area contributed by atoms with Gasteiger partial charge in [0.25, 0.3) is 5.91 Å². The first kappa shape index (κ1) is 19.1. The molecule has 2 aromatic carbocycles. The van der Waals surface area contributed by atoms with Crippen LogP contribution in [0, 0.1) is 6.92 Å². The van der Waals surface area contributed by atoms with Crippen LogP contribution in [-0.4, -0.2) is 55.5 Å². The summed E-state index contributed by atoms with van der Waals surface area (Å²) in [4.78, 5) is 14.8. The maximum Gasteiger partial charge on any atom is 0.253 e. The second-order valence-corrected chi connectivity index (χ2v) is 9.21. The van der Waals surface area contributed by atoms with Crippen LogP contribution in [-0.2, 0) is 14.8 Å². The van der Waals surface area contributed by atoms with Crippen LogP contribution in [0.1, 0.15) is 28.8 Å². The third-order valence-corrected chi connectivity index (χ3v) is 7.54. The number of hydrogen-bond acceptors (Lipinski definition) is 4. The van der Waals surface area contributed by atoms with Crippen molar-refractivity contribution in [1.82, 2.24) is 9.21 Å². The predicted molar refractivity (Wildman–Crippen MR) is 105 cm³/mol. The number of carbonyl (C=O) groups is 1. The van der Waals surface area contributed by atoms with Crippen molar-refractivity contribution in [3.05, 3.63) is 65.7 Å². The van der Waals surface area contributed by atoms with Crippen LogP contribution < -0.4 is 0 Å². The van der Waals surface area contributed by atoms with Gasteiger partial charge >= 0.3 is 0 Å². The first-order chi connectivity index (χ1) is 13.4. The van der Waals surface area contributed by atoms with Gasteiger partial charge in [0.1, 0.15) is 5.72 Å². The molecule has 148 valence electrons. The fraction of sp³-hybridized carbons (Fsp3) is 0.381. The molecule has 0 bridgehead atoms. The third kappa shape index (κ3) is 3.34. The summed E-state index contributed by atoms with van der Waals surface area (Å²) in [6.07, 6.45) is 0.938. The molecular formula is C21H24N2O4S. The van der Waals surface area contributed by atoms with E-state index in [1.54, 1.807) is 35.2 Å². The number of nitrogens with zero attached hydrogens (tertiary/aromatic N) is 2. The summed E-state index contributed by atoms with van der Waals surface area (Å²) in [5, 5.41) is 0. The van der Waals surface area contributed by atoms with Gasteiger partial charge < -0.3 is 9.64 Å². The van der Waals surface area contributed by atoms with E-state index in [9.17, 15) is 13.2 Å². The Morgan fingerprint density at radius 3 is 2.25 bits per heavy atom. The lowest BCUT2D eigenvalue weighted by molar-refractivity contribution is -0.0857. The Kier molecular flexibility index (Phi) is 4.99. The van der Waals surface area contributed by atoms with Gasteiger partial charge in [-0.1, -0.05) is 35.9 Å². The van der Waals surface area contributed by atoms with Gasteiger partial charge in [-0.25, -0.2) is 8.42 Å². The van der Waals surface area contributed by atoms with E-state index in [2.05, 4.69) is 0 Å². The summed E-state index contributed by atoms with van der Waals surface area (Å²) in [5.41, 5.74) is 0.900. The molecule has 2 aliphatic heterocycles. The summed E-state index contributed by atoms with van der Waals surface area (Å²) in [7, 11) is -3.64. The Morgan fingerprint density at radius 1 is 0.964 bits per heavy atom. The minimum absolute atomic E-state index is 0.0229. The molecule has 0 unspecified atom stereocenters. The van der Waals surface area contributed by atoms with E-state index in [1.165, 1.54) is 4.31 Å². The monoisotopic (exact) mass is 400 g/mol. The molecule has 2 aromatic rings. The lowest BCUT2D eigenvalue weighted by Gasteiger charge is -2.42. The number of hydrogen-bond donors (Lipinski definition) is 0. The fourth-order valence-corrected chi connectivity index (χ4v) is 5.73. The molecule has 0 aliphatic carbocycles. The maximum absolute atomic E-state index is 13.1. The number of rotatable bonds is 3. The zero-order valence-electron chi connectivity index (χ0n) is 15.9. The van der Waals surface area contributed by atoms with Crippen molar-refractivity contribution in [1.29, 1.82) is 0 Å². The van der Waals surface area contributed by atoms with Gasteiger partial charge in [-0.15, -0.1) is 0 Å². The van der Waals surface area contributed by atoms with Crippen molar-refractivity contribution in [3.8, 4) is 0 Å². The number of sulfonamides is 1. The van der Waals surface area contributed by atoms with Crippen molar-refractivity contribution >= 4 is 15.9 Å². The summed E-state index contributed by atoms with van der Waals surface area (Å²) in [5.74, 6) is -0.0229. The van der Waals surface area contributed by atoms with E-state index in [-0.39, 0.29) is 10.8 Å². The highest BCUT2D eigenvalue weighted by Crippen LogP contribution is 2.38. The van der Waals surface area contributed by atoms with Gasteiger partial charge in [0, 0.05) is 38.0 Å². The van der Waals surface area contributed by atoms with Crippen LogP contribution in [0.4, 0.5) is 0 Å². The summed E-state index contributed by atoms with van der Waals surface area (Å²) >= 11 is 0. The van der Waals surface area contributed by atoms with E-state index in [0.29, 0.717) is 44.6 Å². The van der Waals surface area contributed by atoms with Crippen molar-refractivity contribution < 1.29 is 17.9 Å². The molecule has 0 radical (unpaired) electrons. The van der Waals surface area contributed by atoms with Crippen molar-refractivity contribution in [2.24, 2.45) is 0 Å². The molecule has 0 aromatic heterocycles. The molecule has 7 heteroatoms. The van der Waals surface area contributed by atoms with E-state index < -0.39 is 15.7 Å². The van der Waals surface area contributed by atoms with Gasteiger partial charge in [-0.2, -0.15) is 4.31 Å². The van der Waals surface area contributed by atoms with Gasteiger partial charge in [0.2, 0.25) is 10.0 Å².